The Labute approximate surface area is 90.0 Å². The molecule has 0 spiro atoms. The molecule has 0 heterocycles. The van der Waals surface area contributed by atoms with Gasteiger partial charge in [-0.05, 0) is 30.6 Å². The molecule has 0 atom stereocenters. The van der Waals surface area contributed by atoms with Crippen LogP contribution in [0, 0.1) is 0 Å². The Balaban J connectivity index is 4.29. The van der Waals surface area contributed by atoms with Crippen LogP contribution >= 0.6 is 0 Å². The minimum Gasteiger partial charge on any atom is -0.544 e. The lowest BCUT2D eigenvalue weighted by Crippen LogP contribution is -2.34. The van der Waals surface area contributed by atoms with Crippen LogP contribution in [0.1, 0.15) is 34.1 Å². The lowest BCUT2D eigenvalue weighted by atomic mass is 10.4. The monoisotopic (exact) mass is 212 g/mol. The summed E-state index contributed by atoms with van der Waals surface area (Å²) < 4.78 is 6.05. The molecule has 0 saturated carbocycles. The number of hydrogen-bond donors (Lipinski definition) is 0. The smallest absolute Gasteiger partial charge is 0.250 e. The van der Waals surface area contributed by atoms with Gasteiger partial charge in [0.2, 0.25) is 8.32 Å². The first kappa shape index (κ1) is 13.5. The Morgan fingerprint density at radius 1 is 1.14 bits per heavy atom. The molecule has 0 aromatic carbocycles. The zero-order chi connectivity index (χ0) is 11.0. The molecule has 0 aliphatic rings. The fourth-order valence-electron chi connectivity index (χ4n) is 1.53. The van der Waals surface area contributed by atoms with E-state index in [2.05, 4.69) is 40.3 Å². The predicted octanol–water partition coefficient (Wildman–Crippen LogP) is 4.49. The molecule has 0 bridgehead atoms. The summed E-state index contributed by atoms with van der Waals surface area (Å²) in [7, 11) is -1.48. The Bertz CT molecular complexity index is 184. The standard InChI is InChI=1S/C12H24OSi/c1-6-10-11-12(5)13-14(7-2,8-3)9-4/h10-11H,5-9H2,1-4H3. The summed E-state index contributed by atoms with van der Waals surface area (Å²) in [6, 6.07) is 3.54. The zero-order valence-electron chi connectivity index (χ0n) is 10.1. The summed E-state index contributed by atoms with van der Waals surface area (Å²) in [5.74, 6) is 0.851. The van der Waals surface area contributed by atoms with Crippen LogP contribution in [-0.4, -0.2) is 8.32 Å². The van der Waals surface area contributed by atoms with Gasteiger partial charge in [0.05, 0.1) is 5.76 Å². The molecule has 0 fully saturated rings. The molecule has 0 amide bonds. The number of allylic oxidation sites excluding steroid dienone is 2. The molecule has 0 aliphatic carbocycles. The highest BCUT2D eigenvalue weighted by molar-refractivity contribution is 6.73. The molecule has 0 radical (unpaired) electrons. The molecule has 1 nitrogen and oxygen atoms in total. The van der Waals surface area contributed by atoms with Crippen LogP contribution in [0.25, 0.3) is 0 Å². The molecule has 2 heteroatoms. The third-order valence-corrected chi connectivity index (χ3v) is 7.38. The van der Waals surface area contributed by atoms with E-state index in [1.807, 2.05) is 6.08 Å². The van der Waals surface area contributed by atoms with E-state index < -0.39 is 8.32 Å². The van der Waals surface area contributed by atoms with Crippen molar-refractivity contribution in [3.63, 3.8) is 0 Å². The highest BCUT2D eigenvalue weighted by Crippen LogP contribution is 2.24. The van der Waals surface area contributed by atoms with Crippen LogP contribution in [0.5, 0.6) is 0 Å². The van der Waals surface area contributed by atoms with Crippen molar-refractivity contribution in [3.05, 3.63) is 24.5 Å². The van der Waals surface area contributed by atoms with E-state index >= 15 is 0 Å². The highest BCUT2D eigenvalue weighted by Gasteiger charge is 2.30. The van der Waals surface area contributed by atoms with E-state index in [0.717, 1.165) is 12.2 Å². The van der Waals surface area contributed by atoms with Crippen LogP contribution in [-0.2, 0) is 4.43 Å². The summed E-state index contributed by atoms with van der Waals surface area (Å²) in [6.07, 6.45) is 5.15. The lowest BCUT2D eigenvalue weighted by molar-refractivity contribution is 0.425. The summed E-state index contributed by atoms with van der Waals surface area (Å²) in [5.41, 5.74) is 0. The normalized spacial score (nSPS) is 12.0. The largest absolute Gasteiger partial charge is 0.544 e. The van der Waals surface area contributed by atoms with Crippen molar-refractivity contribution in [1.29, 1.82) is 0 Å². The predicted molar refractivity (Wildman–Crippen MR) is 66.9 cm³/mol. The molecule has 0 saturated heterocycles. The second-order valence-corrected chi connectivity index (χ2v) is 8.31. The van der Waals surface area contributed by atoms with E-state index in [0.29, 0.717) is 0 Å². The van der Waals surface area contributed by atoms with Gasteiger partial charge in [-0.1, -0.05) is 40.3 Å². The fraction of sp³-hybridized carbons (Fsp3) is 0.667. The maximum absolute atomic E-state index is 6.05. The molecule has 82 valence electrons. The van der Waals surface area contributed by atoms with Gasteiger partial charge in [0.15, 0.2) is 0 Å². The van der Waals surface area contributed by atoms with Crippen molar-refractivity contribution in [2.24, 2.45) is 0 Å². The van der Waals surface area contributed by atoms with Crippen LogP contribution in [0.15, 0.2) is 24.5 Å². The summed E-state index contributed by atoms with van der Waals surface area (Å²) in [4.78, 5) is 0. The third-order valence-electron chi connectivity index (χ3n) is 2.82. The fourth-order valence-corrected chi connectivity index (χ4v) is 4.09. The third kappa shape index (κ3) is 4.14. The van der Waals surface area contributed by atoms with Crippen molar-refractivity contribution >= 4 is 8.32 Å². The first-order valence-corrected chi connectivity index (χ1v) is 8.21. The topological polar surface area (TPSA) is 9.23 Å². The van der Waals surface area contributed by atoms with Gasteiger partial charge < -0.3 is 4.43 Å². The minimum absolute atomic E-state index is 0.851. The van der Waals surface area contributed by atoms with E-state index in [-0.39, 0.29) is 0 Å². The molecule has 0 N–H and O–H groups in total. The SMILES string of the molecule is C=C(C=CCC)O[Si](CC)(CC)CC. The molecule has 14 heavy (non-hydrogen) atoms. The highest BCUT2D eigenvalue weighted by atomic mass is 28.4. The molecular formula is C12H24OSi. The van der Waals surface area contributed by atoms with Crippen molar-refractivity contribution in [2.45, 2.75) is 52.2 Å². The Morgan fingerprint density at radius 2 is 1.64 bits per heavy atom. The number of rotatable bonds is 7. The average Bonchev–Trinajstić information content (AvgIpc) is 2.23. The van der Waals surface area contributed by atoms with Crippen LogP contribution < -0.4 is 0 Å². The van der Waals surface area contributed by atoms with Gasteiger partial charge in [-0.15, -0.1) is 0 Å². The van der Waals surface area contributed by atoms with Crippen molar-refractivity contribution in [3.8, 4) is 0 Å². The van der Waals surface area contributed by atoms with E-state index in [1.54, 1.807) is 0 Å². The zero-order valence-corrected chi connectivity index (χ0v) is 11.1. The quantitative estimate of drug-likeness (QED) is 0.343. The van der Waals surface area contributed by atoms with Gasteiger partial charge in [0.25, 0.3) is 0 Å². The maximum Gasteiger partial charge on any atom is 0.250 e. The maximum atomic E-state index is 6.05. The first-order chi connectivity index (χ1) is 6.64. The minimum atomic E-state index is -1.48. The van der Waals surface area contributed by atoms with Crippen molar-refractivity contribution in [2.75, 3.05) is 0 Å². The van der Waals surface area contributed by atoms with Crippen molar-refractivity contribution in [1.82, 2.24) is 0 Å². The van der Waals surface area contributed by atoms with Gasteiger partial charge in [-0.3, -0.25) is 0 Å². The molecule has 0 aliphatic heterocycles. The van der Waals surface area contributed by atoms with Crippen LogP contribution in [0.3, 0.4) is 0 Å². The Kier molecular flexibility index (Phi) is 6.63. The molecule has 0 rings (SSSR count). The van der Waals surface area contributed by atoms with Crippen LogP contribution in [0.4, 0.5) is 0 Å². The Morgan fingerprint density at radius 3 is 2.00 bits per heavy atom. The van der Waals surface area contributed by atoms with Gasteiger partial charge in [-0.25, -0.2) is 0 Å². The summed E-state index contributed by atoms with van der Waals surface area (Å²) in [5, 5.41) is 0. The average molecular weight is 212 g/mol. The summed E-state index contributed by atoms with van der Waals surface area (Å²) >= 11 is 0. The van der Waals surface area contributed by atoms with Gasteiger partial charge in [0, 0.05) is 0 Å². The second-order valence-electron chi connectivity index (χ2n) is 3.62. The van der Waals surface area contributed by atoms with Gasteiger partial charge in [0.1, 0.15) is 0 Å². The van der Waals surface area contributed by atoms with E-state index in [1.165, 1.54) is 18.1 Å². The molecular weight excluding hydrogens is 188 g/mol. The Hall–Kier alpha value is -0.503. The molecule has 0 aromatic rings. The molecule has 0 unspecified atom stereocenters. The van der Waals surface area contributed by atoms with Crippen LogP contribution in [0.2, 0.25) is 18.1 Å². The first-order valence-electron chi connectivity index (χ1n) is 5.68. The summed E-state index contributed by atoms with van der Waals surface area (Å²) in [6.45, 7) is 12.8. The molecule has 0 aromatic heterocycles. The van der Waals surface area contributed by atoms with Gasteiger partial charge in [-0.2, -0.15) is 0 Å². The van der Waals surface area contributed by atoms with E-state index in [9.17, 15) is 0 Å². The van der Waals surface area contributed by atoms with Gasteiger partial charge >= 0.3 is 0 Å². The van der Waals surface area contributed by atoms with E-state index in [4.69, 9.17) is 4.43 Å². The second kappa shape index (κ2) is 6.88. The van der Waals surface area contributed by atoms with Crippen molar-refractivity contribution < 1.29 is 4.43 Å². The lowest BCUT2D eigenvalue weighted by Gasteiger charge is -2.29. The number of hydrogen-bond acceptors (Lipinski definition) is 1.